The maximum Gasteiger partial charge on any atom is 0.197 e. The van der Waals surface area contributed by atoms with Crippen molar-refractivity contribution in [2.45, 2.75) is 6.92 Å². The van der Waals surface area contributed by atoms with E-state index >= 15 is 0 Å². The van der Waals surface area contributed by atoms with Gasteiger partial charge >= 0.3 is 0 Å². The van der Waals surface area contributed by atoms with Crippen LogP contribution in [0.3, 0.4) is 0 Å². The van der Waals surface area contributed by atoms with Gasteiger partial charge in [0.15, 0.2) is 5.69 Å². The van der Waals surface area contributed by atoms with Gasteiger partial charge in [-0.2, -0.15) is 0 Å². The minimum Gasteiger partial charge on any atom is -0.237 e. The van der Waals surface area contributed by atoms with Gasteiger partial charge < -0.3 is 0 Å². The third-order valence-corrected chi connectivity index (χ3v) is 12.5. The average Bonchev–Trinajstić information content (AvgIpc) is 3.41. The van der Waals surface area contributed by atoms with E-state index < -0.39 is 0 Å². The van der Waals surface area contributed by atoms with Crippen molar-refractivity contribution < 1.29 is 0 Å². The second-order valence-corrected chi connectivity index (χ2v) is 16.7. The molecule has 0 atom stereocenters. The second-order valence-electron chi connectivity index (χ2n) is 16.7. The van der Waals surface area contributed by atoms with Gasteiger partial charge in [-0.1, -0.05) is 261 Å². The Kier molecular flexibility index (Phi) is 12.3. The van der Waals surface area contributed by atoms with Crippen molar-refractivity contribution in [2.24, 2.45) is 0 Å². The molecule has 316 valence electrons. The summed E-state index contributed by atoms with van der Waals surface area (Å²) in [6, 6.07) is 95.4. The number of para-hydroxylation sites is 1. The summed E-state index contributed by atoms with van der Waals surface area (Å²) in [5, 5.41) is 0. The predicted octanol–water partition coefficient (Wildman–Crippen LogP) is 17.6. The minimum absolute atomic E-state index is 0.691. The van der Waals surface area contributed by atoms with Crippen LogP contribution in [0, 0.1) is 13.5 Å². The molecule has 0 spiro atoms. The van der Waals surface area contributed by atoms with Crippen LogP contribution in [0.4, 0.5) is 5.69 Å². The van der Waals surface area contributed by atoms with Gasteiger partial charge in [-0.3, -0.25) is 0 Å². The van der Waals surface area contributed by atoms with E-state index in [0.29, 0.717) is 5.69 Å². The summed E-state index contributed by atoms with van der Waals surface area (Å²) >= 11 is 0. The summed E-state index contributed by atoms with van der Waals surface area (Å²) in [5.41, 5.74) is 22.0. The average molecular weight is 854 g/mol. The molecule has 0 aliphatic heterocycles. The highest BCUT2D eigenvalue weighted by Crippen LogP contribution is 2.43. The maximum absolute atomic E-state index is 7.99. The molecule has 0 heterocycles. The van der Waals surface area contributed by atoms with Gasteiger partial charge in [0.25, 0.3) is 0 Å². The van der Waals surface area contributed by atoms with Crippen molar-refractivity contribution in [2.75, 3.05) is 0 Å². The lowest BCUT2D eigenvalue weighted by Crippen LogP contribution is -1.99. The van der Waals surface area contributed by atoms with Crippen LogP contribution < -0.4 is 0 Å². The van der Waals surface area contributed by atoms with Crippen molar-refractivity contribution in [1.82, 2.24) is 0 Å². The molecule has 0 aliphatic rings. The Morgan fingerprint density at radius 1 is 0.269 bits per heavy atom. The molecule has 0 saturated carbocycles. The Morgan fingerprint density at radius 2 is 0.567 bits per heavy atom. The number of hydrogen-bond acceptors (Lipinski definition) is 0. The zero-order chi connectivity index (χ0) is 45.4. The zero-order valence-corrected chi connectivity index (χ0v) is 37.4. The van der Waals surface area contributed by atoms with Crippen molar-refractivity contribution in [3.8, 4) is 33.4 Å². The number of aryl methyl sites for hydroxylation is 1. The van der Waals surface area contributed by atoms with E-state index in [1.807, 2.05) is 25.1 Å². The van der Waals surface area contributed by atoms with Crippen LogP contribution in [0.15, 0.2) is 267 Å². The molecule has 10 rings (SSSR count). The van der Waals surface area contributed by atoms with E-state index in [1.54, 1.807) is 0 Å². The lowest BCUT2D eigenvalue weighted by Gasteiger charge is -2.21. The van der Waals surface area contributed by atoms with Crippen molar-refractivity contribution in [1.29, 1.82) is 0 Å². The summed E-state index contributed by atoms with van der Waals surface area (Å²) in [7, 11) is 0. The Balaban J connectivity index is 1.19. The molecule has 0 aromatic heterocycles. The fourth-order valence-electron chi connectivity index (χ4n) is 9.33. The van der Waals surface area contributed by atoms with Crippen molar-refractivity contribution in [3.63, 3.8) is 0 Å². The standard InChI is InChI=1S/C66H47N/c1-47-22-21-35-60(66(47)67-2)49-36-38-50(39-37-49)61-46-58(65(56-33-19-8-20-34-56)63(53-27-13-5-14-28-53)54-29-15-6-16-30-54)44-45-59(61)48-40-42-57(43-41-48)64(55-31-17-7-18-32-55)62(51-23-9-3-10-24-51)52-25-11-4-12-26-52/h3-46H,1H3. The lowest BCUT2D eigenvalue weighted by atomic mass is 9.83. The number of rotatable bonds is 11. The molecule has 10 aromatic rings. The lowest BCUT2D eigenvalue weighted by molar-refractivity contribution is 1.47. The number of nitrogens with zero attached hydrogens (tertiary/aromatic N) is 1. The Labute approximate surface area is 394 Å². The first-order chi connectivity index (χ1) is 33.1. The summed E-state index contributed by atoms with van der Waals surface area (Å²) < 4.78 is 0. The Hall–Kier alpha value is -8.83. The molecule has 0 saturated heterocycles. The third kappa shape index (κ3) is 8.86. The molecule has 0 bridgehead atoms. The van der Waals surface area contributed by atoms with E-state index in [9.17, 15) is 0 Å². The smallest absolute Gasteiger partial charge is 0.197 e. The number of hydrogen-bond donors (Lipinski definition) is 0. The van der Waals surface area contributed by atoms with Crippen LogP contribution in [-0.2, 0) is 0 Å². The first-order valence-corrected chi connectivity index (χ1v) is 22.8. The molecular formula is C66H47N. The molecule has 0 fully saturated rings. The summed E-state index contributed by atoms with van der Waals surface area (Å²) in [6.07, 6.45) is 0. The van der Waals surface area contributed by atoms with Crippen molar-refractivity contribution >= 4 is 28.0 Å². The minimum atomic E-state index is 0.691. The normalized spacial score (nSPS) is 10.7. The molecule has 10 aromatic carbocycles. The molecule has 0 amide bonds. The summed E-state index contributed by atoms with van der Waals surface area (Å²) in [4.78, 5) is 3.93. The summed E-state index contributed by atoms with van der Waals surface area (Å²) in [5.74, 6) is 0. The highest BCUT2D eigenvalue weighted by atomic mass is 14.7. The third-order valence-electron chi connectivity index (χ3n) is 12.5. The van der Waals surface area contributed by atoms with E-state index in [1.165, 1.54) is 27.8 Å². The van der Waals surface area contributed by atoms with Gasteiger partial charge in [0.2, 0.25) is 0 Å². The quantitative estimate of drug-likeness (QED) is 0.0902. The van der Waals surface area contributed by atoms with E-state index in [2.05, 4.69) is 254 Å². The molecule has 67 heavy (non-hydrogen) atoms. The fraction of sp³-hybridized carbons (Fsp3) is 0.0152. The molecular weight excluding hydrogens is 807 g/mol. The summed E-state index contributed by atoms with van der Waals surface area (Å²) in [6.45, 7) is 10.00. The monoisotopic (exact) mass is 853 g/mol. The van der Waals surface area contributed by atoms with Gasteiger partial charge in [-0.25, -0.2) is 4.85 Å². The highest BCUT2D eigenvalue weighted by molar-refractivity contribution is 6.07. The van der Waals surface area contributed by atoms with Gasteiger partial charge in [-0.15, -0.1) is 0 Å². The molecule has 0 N–H and O–H groups in total. The largest absolute Gasteiger partial charge is 0.237 e. The van der Waals surface area contributed by atoms with E-state index in [-0.39, 0.29) is 0 Å². The molecule has 0 aliphatic carbocycles. The first-order valence-electron chi connectivity index (χ1n) is 22.8. The van der Waals surface area contributed by atoms with Gasteiger partial charge in [0, 0.05) is 0 Å². The van der Waals surface area contributed by atoms with Gasteiger partial charge in [-0.05, 0) is 119 Å². The molecule has 1 heteroatoms. The maximum atomic E-state index is 7.99. The first kappa shape index (κ1) is 42.1. The second kappa shape index (κ2) is 19.5. The Morgan fingerprint density at radius 3 is 0.940 bits per heavy atom. The zero-order valence-electron chi connectivity index (χ0n) is 37.4. The highest BCUT2D eigenvalue weighted by Gasteiger charge is 2.20. The van der Waals surface area contributed by atoms with Crippen molar-refractivity contribution in [3.05, 3.63) is 328 Å². The van der Waals surface area contributed by atoms with Crippen LogP contribution in [0.1, 0.15) is 50.1 Å². The SMILES string of the molecule is [C-]#[N+]c1c(C)cccc1-c1ccc(-c2cc(C(=C(c3ccccc3)c3ccccc3)c3ccccc3)ccc2-c2ccc(C(=C(c3ccccc3)c3ccccc3)c3ccccc3)cc2)cc1. The number of benzene rings is 10. The van der Waals surface area contributed by atoms with Gasteiger partial charge in [0.05, 0.1) is 6.57 Å². The van der Waals surface area contributed by atoms with Crippen LogP contribution in [0.5, 0.6) is 0 Å². The van der Waals surface area contributed by atoms with Gasteiger partial charge in [0.1, 0.15) is 0 Å². The topological polar surface area (TPSA) is 4.36 Å². The van der Waals surface area contributed by atoms with Crippen LogP contribution in [0.25, 0.3) is 60.5 Å². The Bertz CT molecular complexity index is 3300. The molecule has 1 nitrogen and oxygen atoms in total. The molecule has 0 radical (unpaired) electrons. The predicted molar refractivity (Wildman–Crippen MR) is 282 cm³/mol. The van der Waals surface area contributed by atoms with Crippen LogP contribution in [-0.4, -0.2) is 0 Å². The van der Waals surface area contributed by atoms with E-state index in [4.69, 9.17) is 6.57 Å². The van der Waals surface area contributed by atoms with E-state index in [0.717, 1.165) is 77.9 Å². The van der Waals surface area contributed by atoms with Crippen LogP contribution in [0.2, 0.25) is 0 Å². The van der Waals surface area contributed by atoms with Crippen LogP contribution >= 0.6 is 0 Å². The molecule has 0 unspecified atom stereocenters. The fourth-order valence-corrected chi connectivity index (χ4v) is 9.33.